The van der Waals surface area contributed by atoms with E-state index in [2.05, 4.69) is 46.4 Å². The summed E-state index contributed by atoms with van der Waals surface area (Å²) in [7, 11) is 2.18. The molecule has 0 spiro atoms. The van der Waals surface area contributed by atoms with Crippen LogP contribution in [0, 0.1) is 0 Å². The molecule has 4 rings (SSSR count). The first-order chi connectivity index (χ1) is 17.0. The topological polar surface area (TPSA) is 66.9 Å². The smallest absolute Gasteiger partial charge is 0.230 e. The average Bonchev–Trinajstić information content (AvgIpc) is 3.31. The van der Waals surface area contributed by atoms with Crippen LogP contribution in [0.5, 0.6) is 11.5 Å². The number of nitrogens with one attached hydrogen (secondary N) is 1. The monoisotopic (exact) mass is 494 g/mol. The van der Waals surface area contributed by atoms with Gasteiger partial charge in [0.15, 0.2) is 11.5 Å². The molecule has 1 aliphatic rings. The van der Waals surface area contributed by atoms with Crippen molar-refractivity contribution in [2.45, 2.75) is 26.8 Å². The zero-order valence-corrected chi connectivity index (χ0v) is 21.6. The molecule has 7 nitrogen and oxygen atoms in total. The molecule has 0 aliphatic carbocycles. The van der Waals surface area contributed by atoms with Crippen LogP contribution in [0.2, 0.25) is 0 Å². The quantitative estimate of drug-likeness (QED) is 0.447. The second-order valence-electron chi connectivity index (χ2n) is 8.68. The summed E-state index contributed by atoms with van der Waals surface area (Å²) in [6, 6.07) is 14.0. The molecule has 1 amide bonds. The van der Waals surface area contributed by atoms with Gasteiger partial charge in [0.1, 0.15) is 5.01 Å². The van der Waals surface area contributed by atoms with Crippen molar-refractivity contribution in [2.75, 3.05) is 51.8 Å². The number of benzene rings is 2. The predicted octanol–water partition coefficient (Wildman–Crippen LogP) is 4.54. The second kappa shape index (κ2) is 12.2. The molecular weight excluding hydrogens is 460 g/mol. The molecular formula is C27H34N4O3S. The molecule has 1 aliphatic heterocycles. The fourth-order valence-electron chi connectivity index (χ4n) is 4.09. The summed E-state index contributed by atoms with van der Waals surface area (Å²) in [5.74, 6) is 1.18. The Morgan fingerprint density at radius 3 is 2.57 bits per heavy atom. The molecule has 2 aromatic carbocycles. The first-order valence-electron chi connectivity index (χ1n) is 12.2. The first kappa shape index (κ1) is 25.2. The van der Waals surface area contributed by atoms with E-state index in [1.807, 2.05) is 31.4 Å². The largest absolute Gasteiger partial charge is 0.490 e. The second-order valence-corrected chi connectivity index (χ2v) is 9.53. The van der Waals surface area contributed by atoms with Crippen LogP contribution in [0.15, 0.2) is 47.8 Å². The third kappa shape index (κ3) is 7.04. The minimum atomic E-state index is -0.114. The lowest BCUT2D eigenvalue weighted by atomic mass is 10.1. The number of piperazine rings is 1. The number of likely N-dealkylation sites (N-methyl/N-ethyl adjacent to an activating group) is 1. The molecule has 0 unspecified atom stereocenters. The number of hydrogen-bond acceptors (Lipinski definition) is 7. The summed E-state index contributed by atoms with van der Waals surface area (Å²) < 4.78 is 11.2. The van der Waals surface area contributed by atoms with E-state index < -0.39 is 0 Å². The summed E-state index contributed by atoms with van der Waals surface area (Å²) in [5, 5.41) is 5.85. The van der Waals surface area contributed by atoms with Gasteiger partial charge in [-0.25, -0.2) is 4.98 Å². The number of thiazole rings is 1. The fraction of sp³-hybridized carbons (Fsp3) is 0.407. The summed E-state index contributed by atoms with van der Waals surface area (Å²) in [6.07, 6.45) is 0.217. The highest BCUT2D eigenvalue weighted by atomic mass is 32.1. The van der Waals surface area contributed by atoms with Crippen molar-refractivity contribution >= 4 is 22.9 Å². The number of carbonyl (C=O) groups excluding carboxylic acids is 1. The van der Waals surface area contributed by atoms with E-state index in [0.717, 1.165) is 49.0 Å². The molecule has 0 saturated carbocycles. The van der Waals surface area contributed by atoms with E-state index in [9.17, 15) is 4.79 Å². The van der Waals surface area contributed by atoms with Crippen LogP contribution in [0.4, 0.5) is 5.69 Å². The van der Waals surface area contributed by atoms with Gasteiger partial charge in [-0.15, -0.1) is 11.3 Å². The third-order valence-corrected chi connectivity index (χ3v) is 6.84. The van der Waals surface area contributed by atoms with Crippen molar-refractivity contribution in [1.29, 1.82) is 0 Å². The van der Waals surface area contributed by atoms with Crippen LogP contribution >= 0.6 is 11.3 Å². The molecule has 1 N–H and O–H groups in total. The zero-order chi connectivity index (χ0) is 24.6. The molecule has 1 saturated heterocycles. The van der Waals surface area contributed by atoms with E-state index in [4.69, 9.17) is 14.5 Å². The van der Waals surface area contributed by atoms with E-state index in [1.54, 1.807) is 17.4 Å². The van der Waals surface area contributed by atoms with Gasteiger partial charge in [-0.3, -0.25) is 9.69 Å². The number of aromatic nitrogens is 1. The number of hydrogen-bond donors (Lipinski definition) is 1. The SMILES string of the molecule is CCOc1ccc(NC(=O)Cc2csc(-c3cccc(CN4CCN(C)CC4)c3)n2)cc1OCC. The molecule has 0 bridgehead atoms. The van der Waals surface area contributed by atoms with Crippen molar-refractivity contribution in [3.05, 3.63) is 59.1 Å². The Balaban J connectivity index is 1.37. The Morgan fingerprint density at radius 2 is 1.80 bits per heavy atom. The Bertz CT molecular complexity index is 1130. The number of anilines is 1. The predicted molar refractivity (Wildman–Crippen MR) is 141 cm³/mol. The molecule has 3 aromatic rings. The van der Waals surface area contributed by atoms with E-state index in [0.29, 0.717) is 30.4 Å². The van der Waals surface area contributed by atoms with Crippen molar-refractivity contribution in [3.63, 3.8) is 0 Å². The molecule has 1 fully saturated rings. The van der Waals surface area contributed by atoms with Gasteiger partial charge in [0, 0.05) is 55.4 Å². The van der Waals surface area contributed by atoms with Gasteiger partial charge in [-0.05, 0) is 44.7 Å². The molecule has 1 aromatic heterocycles. The van der Waals surface area contributed by atoms with Gasteiger partial charge in [-0.2, -0.15) is 0 Å². The van der Waals surface area contributed by atoms with Crippen LogP contribution in [-0.4, -0.2) is 67.1 Å². The highest BCUT2D eigenvalue weighted by Gasteiger charge is 2.15. The normalized spacial score (nSPS) is 14.6. The number of carbonyl (C=O) groups is 1. The Morgan fingerprint density at radius 1 is 1.03 bits per heavy atom. The van der Waals surface area contributed by atoms with Gasteiger partial charge >= 0.3 is 0 Å². The lowest BCUT2D eigenvalue weighted by molar-refractivity contribution is -0.115. The summed E-state index contributed by atoms with van der Waals surface area (Å²) in [4.78, 5) is 22.3. The lowest BCUT2D eigenvalue weighted by Crippen LogP contribution is -2.43. The minimum Gasteiger partial charge on any atom is -0.490 e. The number of ether oxygens (including phenoxy) is 2. The molecule has 0 atom stereocenters. The Hall–Kier alpha value is -2.94. The fourth-order valence-corrected chi connectivity index (χ4v) is 4.90. The maximum absolute atomic E-state index is 12.7. The van der Waals surface area contributed by atoms with Crippen LogP contribution in [-0.2, 0) is 17.8 Å². The van der Waals surface area contributed by atoms with Gasteiger partial charge in [-0.1, -0.05) is 18.2 Å². The van der Waals surface area contributed by atoms with Gasteiger partial charge in [0.05, 0.1) is 25.3 Å². The molecule has 0 radical (unpaired) electrons. The molecule has 2 heterocycles. The highest BCUT2D eigenvalue weighted by molar-refractivity contribution is 7.13. The van der Waals surface area contributed by atoms with Crippen LogP contribution in [0.25, 0.3) is 10.6 Å². The third-order valence-electron chi connectivity index (χ3n) is 5.90. The minimum absolute atomic E-state index is 0.114. The number of nitrogens with zero attached hydrogens (tertiary/aromatic N) is 3. The average molecular weight is 495 g/mol. The van der Waals surface area contributed by atoms with Crippen LogP contribution < -0.4 is 14.8 Å². The van der Waals surface area contributed by atoms with E-state index >= 15 is 0 Å². The molecule has 8 heteroatoms. The van der Waals surface area contributed by atoms with Gasteiger partial charge < -0.3 is 19.7 Å². The summed E-state index contributed by atoms with van der Waals surface area (Å²) in [5.41, 5.74) is 3.83. The highest BCUT2D eigenvalue weighted by Crippen LogP contribution is 2.31. The molecule has 35 heavy (non-hydrogen) atoms. The van der Waals surface area contributed by atoms with Crippen molar-refractivity contribution in [3.8, 4) is 22.1 Å². The maximum Gasteiger partial charge on any atom is 0.230 e. The van der Waals surface area contributed by atoms with Gasteiger partial charge in [0.25, 0.3) is 0 Å². The molecule has 186 valence electrons. The standard InChI is InChI=1S/C27H34N4O3S/c1-4-33-24-10-9-22(16-25(24)34-5-2)28-26(32)17-23-19-35-27(29-23)21-8-6-7-20(15-21)18-31-13-11-30(3)12-14-31/h6-10,15-16,19H,4-5,11-14,17-18H2,1-3H3,(H,28,32). The first-order valence-corrected chi connectivity index (χ1v) is 13.1. The van der Waals surface area contributed by atoms with Crippen molar-refractivity contribution in [2.24, 2.45) is 0 Å². The van der Waals surface area contributed by atoms with Crippen LogP contribution in [0.1, 0.15) is 25.1 Å². The summed E-state index contributed by atoms with van der Waals surface area (Å²) >= 11 is 1.57. The Labute approximate surface area is 211 Å². The van der Waals surface area contributed by atoms with Crippen molar-refractivity contribution < 1.29 is 14.3 Å². The van der Waals surface area contributed by atoms with Crippen molar-refractivity contribution in [1.82, 2.24) is 14.8 Å². The Kier molecular flexibility index (Phi) is 8.74. The zero-order valence-electron chi connectivity index (χ0n) is 20.8. The van der Waals surface area contributed by atoms with E-state index in [1.165, 1.54) is 5.56 Å². The van der Waals surface area contributed by atoms with Crippen LogP contribution in [0.3, 0.4) is 0 Å². The number of amides is 1. The maximum atomic E-state index is 12.7. The number of rotatable bonds is 10. The lowest BCUT2D eigenvalue weighted by Gasteiger charge is -2.32. The summed E-state index contributed by atoms with van der Waals surface area (Å²) in [6.45, 7) is 10.3. The van der Waals surface area contributed by atoms with Gasteiger partial charge in [0.2, 0.25) is 5.91 Å². The van der Waals surface area contributed by atoms with E-state index in [-0.39, 0.29) is 12.3 Å².